The standard InChI is InChI=1S/C41H56N10O12S/c1-4-18(2)31-37(61)50-41(9-10-41)40(63)47-26-17-64-38-22(21-7-5-6-8-23(21)46-38)12-24(33(57)43-14-30(56)48-31)44-36(60)32(19(3)28(54)16-52)49-35(59)27-11-20(53)15-51(27)39(62)25(13-29(42)55)45-34(26)58/h5-8,18-20,24-28,31-32,46,52-54H,4,9-17H2,1-3H3,(H2,42,55)(H,43,57)(H,44,60)(H,45,58)(H,47,63)(H,48,56)(H,49,59)(H,50,61)/t18-,19-,20+,24-,25?,26-,27-,28-,31-,32-/m0/s1. The number of carbonyl (C=O) groups is 9. The first-order chi connectivity index (χ1) is 30.4. The molecule has 2 bridgehead atoms. The van der Waals surface area contributed by atoms with Crippen LogP contribution in [0.4, 0.5) is 0 Å². The average Bonchev–Trinajstić information content (AvgIpc) is 3.81. The van der Waals surface area contributed by atoms with Crippen LogP contribution >= 0.6 is 11.8 Å². The lowest BCUT2D eigenvalue weighted by Gasteiger charge is -2.33. The van der Waals surface area contributed by atoms with Crippen LogP contribution in [0.15, 0.2) is 29.3 Å². The van der Waals surface area contributed by atoms with Crippen molar-refractivity contribution in [1.82, 2.24) is 47.1 Å². The van der Waals surface area contributed by atoms with Crippen LogP contribution in [0.2, 0.25) is 0 Å². The van der Waals surface area contributed by atoms with Crippen molar-refractivity contribution in [3.63, 3.8) is 0 Å². The molecular weight excluding hydrogens is 857 g/mol. The summed E-state index contributed by atoms with van der Waals surface area (Å²) in [5, 5.41) is 50.7. The van der Waals surface area contributed by atoms with Gasteiger partial charge in [0.05, 0.1) is 36.8 Å². The minimum Gasteiger partial charge on any atom is -0.394 e. The van der Waals surface area contributed by atoms with E-state index in [9.17, 15) is 58.5 Å². The first-order valence-electron chi connectivity index (χ1n) is 21.3. The molecule has 64 heavy (non-hydrogen) atoms. The molecule has 1 aromatic heterocycles. The van der Waals surface area contributed by atoms with Crippen molar-refractivity contribution in [2.45, 2.75) is 118 Å². The van der Waals surface area contributed by atoms with E-state index in [1.54, 1.807) is 38.1 Å². The van der Waals surface area contributed by atoms with E-state index in [1.807, 2.05) is 0 Å². The maximum Gasteiger partial charge on any atom is 0.246 e. The molecule has 23 heteroatoms. The molecule has 13 N–H and O–H groups in total. The highest BCUT2D eigenvalue weighted by Gasteiger charge is 2.53. The number of hydrogen-bond donors (Lipinski definition) is 12. The molecular formula is C41H56N10O12S. The summed E-state index contributed by atoms with van der Waals surface area (Å²) in [7, 11) is 0. The van der Waals surface area contributed by atoms with Crippen molar-refractivity contribution in [3.05, 3.63) is 29.8 Å². The molecule has 2 fully saturated rings. The second-order valence-corrected chi connectivity index (χ2v) is 18.1. The number of thioether (sulfide) groups is 1. The Balaban J connectivity index is 1.52. The third-order valence-electron chi connectivity index (χ3n) is 12.4. The van der Waals surface area contributed by atoms with Gasteiger partial charge in [-0.1, -0.05) is 45.4 Å². The average molecular weight is 913 g/mol. The van der Waals surface area contributed by atoms with E-state index in [2.05, 4.69) is 42.2 Å². The van der Waals surface area contributed by atoms with Gasteiger partial charge in [-0.25, -0.2) is 0 Å². The highest BCUT2D eigenvalue weighted by atomic mass is 32.2. The number of amides is 9. The van der Waals surface area contributed by atoms with Crippen LogP contribution in [-0.2, 0) is 49.6 Å². The van der Waals surface area contributed by atoms with Gasteiger partial charge in [0.2, 0.25) is 53.2 Å². The van der Waals surface area contributed by atoms with Gasteiger partial charge in [0.15, 0.2) is 0 Å². The maximum atomic E-state index is 14.4. The Morgan fingerprint density at radius 3 is 2.30 bits per heavy atom. The first kappa shape index (κ1) is 47.7. The van der Waals surface area contributed by atoms with E-state index in [-0.39, 0.29) is 31.4 Å². The smallest absolute Gasteiger partial charge is 0.246 e. The van der Waals surface area contributed by atoms with Crippen molar-refractivity contribution in [2.75, 3.05) is 25.4 Å². The highest BCUT2D eigenvalue weighted by molar-refractivity contribution is 7.99. The molecule has 3 aliphatic heterocycles. The summed E-state index contributed by atoms with van der Waals surface area (Å²) >= 11 is 1.05. The van der Waals surface area contributed by atoms with E-state index >= 15 is 0 Å². The zero-order valence-electron chi connectivity index (χ0n) is 35.6. The molecule has 1 aliphatic carbocycles. The monoisotopic (exact) mass is 912 g/mol. The van der Waals surface area contributed by atoms with Gasteiger partial charge in [0, 0.05) is 42.0 Å². The molecule has 9 amide bonds. The van der Waals surface area contributed by atoms with Crippen molar-refractivity contribution in [3.8, 4) is 0 Å². The van der Waals surface area contributed by atoms with Crippen molar-refractivity contribution >= 4 is 75.8 Å². The number of nitrogens with two attached hydrogens (primary N) is 1. The molecule has 1 spiro atoms. The summed E-state index contributed by atoms with van der Waals surface area (Å²) in [5.41, 5.74) is 5.12. The lowest BCUT2D eigenvalue weighted by molar-refractivity contribution is -0.144. The minimum absolute atomic E-state index is 0.185. The van der Waals surface area contributed by atoms with Crippen LogP contribution in [0.3, 0.4) is 0 Å². The molecule has 1 unspecified atom stereocenters. The number of carbonyl (C=O) groups excluding carboxylic acids is 9. The Morgan fingerprint density at radius 1 is 0.906 bits per heavy atom. The number of nitrogens with zero attached hydrogens (tertiary/aromatic N) is 1. The van der Waals surface area contributed by atoms with Gasteiger partial charge < -0.3 is 68.2 Å². The number of benzene rings is 1. The van der Waals surface area contributed by atoms with Crippen LogP contribution in [0.1, 0.15) is 58.4 Å². The van der Waals surface area contributed by atoms with E-state index in [1.165, 1.54) is 6.92 Å². The largest absolute Gasteiger partial charge is 0.394 e. The molecule has 1 saturated carbocycles. The maximum absolute atomic E-state index is 14.4. The normalized spacial score (nSPS) is 28.8. The van der Waals surface area contributed by atoms with Crippen molar-refractivity contribution in [2.24, 2.45) is 17.6 Å². The van der Waals surface area contributed by atoms with Gasteiger partial charge in [-0.3, -0.25) is 43.2 Å². The van der Waals surface area contributed by atoms with Crippen LogP contribution in [0, 0.1) is 11.8 Å². The summed E-state index contributed by atoms with van der Waals surface area (Å²) in [5.74, 6) is -9.93. The van der Waals surface area contributed by atoms with E-state index in [0.717, 1.165) is 16.7 Å². The summed E-state index contributed by atoms with van der Waals surface area (Å²) in [6.07, 6.45) is -3.44. The number of primary amides is 1. The number of aliphatic hydroxyl groups is 3. The number of rotatable bonds is 7. The van der Waals surface area contributed by atoms with Crippen molar-refractivity contribution < 1.29 is 58.5 Å². The molecule has 4 heterocycles. The molecule has 4 aliphatic rings. The Bertz CT molecular complexity index is 2180. The second-order valence-electron chi connectivity index (χ2n) is 17.0. The van der Waals surface area contributed by atoms with E-state index in [0.29, 0.717) is 27.9 Å². The van der Waals surface area contributed by atoms with Gasteiger partial charge in [-0.15, -0.1) is 11.8 Å². The summed E-state index contributed by atoms with van der Waals surface area (Å²) < 4.78 is 0. The summed E-state index contributed by atoms with van der Waals surface area (Å²) in [4.78, 5) is 130. The van der Waals surface area contributed by atoms with Crippen LogP contribution < -0.4 is 43.0 Å². The quantitative estimate of drug-likeness (QED) is 0.126. The van der Waals surface area contributed by atoms with E-state index in [4.69, 9.17) is 5.73 Å². The highest BCUT2D eigenvalue weighted by Crippen LogP contribution is 2.37. The second kappa shape index (κ2) is 19.9. The fourth-order valence-corrected chi connectivity index (χ4v) is 9.26. The predicted octanol–water partition coefficient (Wildman–Crippen LogP) is -4.11. The summed E-state index contributed by atoms with van der Waals surface area (Å²) in [6.45, 7) is 2.94. The van der Waals surface area contributed by atoms with Crippen molar-refractivity contribution in [1.29, 1.82) is 0 Å². The molecule has 22 nitrogen and oxygen atoms in total. The number of hydrogen-bond acceptors (Lipinski definition) is 13. The van der Waals surface area contributed by atoms with Crippen LogP contribution in [0.5, 0.6) is 0 Å². The fourth-order valence-electron chi connectivity index (χ4n) is 8.14. The topological polar surface area (TPSA) is 344 Å². The number of nitrogens with one attached hydrogen (secondary N) is 8. The molecule has 6 rings (SSSR count). The number of fused-ring (bicyclic) bond motifs is 5. The van der Waals surface area contributed by atoms with Gasteiger partial charge in [-0.05, 0) is 30.4 Å². The van der Waals surface area contributed by atoms with Gasteiger partial charge in [0.25, 0.3) is 0 Å². The number of para-hydroxylation sites is 1. The zero-order chi connectivity index (χ0) is 46.6. The van der Waals surface area contributed by atoms with Crippen LogP contribution in [-0.4, -0.2) is 158 Å². The number of aromatic nitrogens is 1. The molecule has 2 aromatic rings. The number of aromatic amines is 1. The Hall–Kier alpha value is -5.78. The van der Waals surface area contributed by atoms with Crippen LogP contribution in [0.25, 0.3) is 10.9 Å². The van der Waals surface area contributed by atoms with Gasteiger partial charge in [0.1, 0.15) is 41.8 Å². The molecule has 1 saturated heterocycles. The first-order valence-corrected chi connectivity index (χ1v) is 22.2. The van der Waals surface area contributed by atoms with Gasteiger partial charge in [-0.2, -0.15) is 0 Å². The van der Waals surface area contributed by atoms with Gasteiger partial charge >= 0.3 is 0 Å². The number of H-pyrrole nitrogens is 1. The Morgan fingerprint density at radius 2 is 1.62 bits per heavy atom. The fraction of sp³-hybridized carbons (Fsp3) is 0.585. The molecule has 0 radical (unpaired) electrons. The third kappa shape index (κ3) is 10.6. The Kier molecular flexibility index (Phi) is 14.9. The third-order valence-corrected chi connectivity index (χ3v) is 13.5. The zero-order valence-corrected chi connectivity index (χ0v) is 36.4. The summed E-state index contributed by atoms with van der Waals surface area (Å²) in [6, 6.07) is -2.06. The molecule has 10 atom stereocenters. The minimum atomic E-state index is -1.72. The predicted molar refractivity (Wildman–Crippen MR) is 227 cm³/mol. The van der Waals surface area contributed by atoms with E-state index < -0.39 is 145 Å². The lowest BCUT2D eigenvalue weighted by Crippen LogP contribution is -2.63. The molecule has 1 aromatic carbocycles. The molecule has 348 valence electrons. The lowest BCUT2D eigenvalue weighted by atomic mass is 9.93. The number of aliphatic hydroxyl groups excluding tert-OH is 3. The SMILES string of the molecule is CC[C@H](C)[C@@H]1NC(=O)CNC(=O)[C@@H]2Cc3c([nH]c4ccccc34)SC[C@H](NC(=O)C3(CC3)NC1=O)C(=O)NC(CC(N)=O)C(=O)N1C[C@H](O)C[C@H]1C(=O)N[C@@H]([C@@H](C)[C@@H](O)CO)C(=O)N2. The Labute approximate surface area is 371 Å².